The van der Waals surface area contributed by atoms with E-state index >= 15 is 0 Å². The van der Waals surface area contributed by atoms with E-state index in [0.717, 1.165) is 37.1 Å². The molecule has 2 aliphatic rings. The third kappa shape index (κ3) is 12.5. The molecule has 2 saturated heterocycles. The van der Waals surface area contributed by atoms with E-state index in [-0.39, 0.29) is 15.8 Å². The van der Waals surface area contributed by atoms with Gasteiger partial charge in [-0.05, 0) is 55.8 Å². The quantitative estimate of drug-likeness (QED) is 0.415. The molecule has 0 spiro atoms. The summed E-state index contributed by atoms with van der Waals surface area (Å²) in [6.07, 6.45) is 2.51. The highest BCUT2D eigenvalue weighted by molar-refractivity contribution is 9.09. The Hall–Kier alpha value is -2.01. The van der Waals surface area contributed by atoms with Gasteiger partial charge in [0, 0.05) is 77.5 Å². The van der Waals surface area contributed by atoms with Crippen LogP contribution in [0.1, 0.15) is 39.7 Å². The standard InChI is InChI=1S/C13H20N2.C11H13N3.C3H7Br.CH4.B/c1-2-8-14-9-11-15(12-10-14)13-6-4-3-5-7-13;12-9-10-1-3-11(4-2-10)14-7-5-13-6-8-14;1-2-3-4;;/h3-7H,2,8-12H2,1H3;1-4,13H,5-8H2;2-3H2,1H3;1H4;. The number of rotatable bonds is 5. The van der Waals surface area contributed by atoms with Gasteiger partial charge in [0.15, 0.2) is 0 Å². The lowest BCUT2D eigenvalue weighted by Crippen LogP contribution is -2.46. The lowest BCUT2D eigenvalue weighted by Gasteiger charge is -2.35. The Morgan fingerprint density at radius 1 is 0.800 bits per heavy atom. The number of hydrogen-bond acceptors (Lipinski definition) is 5. The molecule has 7 heteroatoms. The first-order chi connectivity index (χ1) is 16.2. The topological polar surface area (TPSA) is 45.5 Å². The fourth-order valence-corrected chi connectivity index (χ4v) is 3.85. The Kier molecular flexibility index (Phi) is 19.1. The van der Waals surface area contributed by atoms with Crippen molar-refractivity contribution in [2.24, 2.45) is 0 Å². The Bertz CT molecular complexity index is 781. The van der Waals surface area contributed by atoms with Crippen LogP contribution in [-0.2, 0) is 0 Å². The van der Waals surface area contributed by atoms with Crippen LogP contribution in [0.4, 0.5) is 11.4 Å². The number of nitriles is 1. The normalized spacial score (nSPS) is 15.1. The molecule has 191 valence electrons. The molecule has 1 N–H and O–H groups in total. The van der Waals surface area contributed by atoms with Gasteiger partial charge in [0.05, 0.1) is 11.6 Å². The third-order valence-corrected chi connectivity index (χ3v) is 6.49. The van der Waals surface area contributed by atoms with Crippen molar-refractivity contribution in [2.45, 2.75) is 34.1 Å². The molecule has 4 rings (SSSR count). The fraction of sp³-hybridized carbons (Fsp3) is 0.536. The number of halogens is 1. The van der Waals surface area contributed by atoms with E-state index in [0.29, 0.717) is 0 Å². The molecule has 0 bridgehead atoms. The van der Waals surface area contributed by atoms with Crippen LogP contribution in [0.25, 0.3) is 0 Å². The average molecular weight is 541 g/mol. The molecule has 0 amide bonds. The highest BCUT2D eigenvalue weighted by Gasteiger charge is 2.15. The van der Waals surface area contributed by atoms with Gasteiger partial charge in [0.2, 0.25) is 0 Å². The van der Waals surface area contributed by atoms with Crippen LogP contribution in [0.2, 0.25) is 0 Å². The fourth-order valence-electron chi connectivity index (χ4n) is 3.85. The first-order valence-corrected chi connectivity index (χ1v) is 13.4. The van der Waals surface area contributed by atoms with Crippen molar-refractivity contribution in [3.05, 3.63) is 60.2 Å². The van der Waals surface area contributed by atoms with Gasteiger partial charge in [-0.25, -0.2) is 0 Å². The van der Waals surface area contributed by atoms with Gasteiger partial charge >= 0.3 is 0 Å². The first kappa shape index (κ1) is 33.0. The second kappa shape index (κ2) is 20.2. The van der Waals surface area contributed by atoms with Crippen molar-refractivity contribution in [3.63, 3.8) is 0 Å². The summed E-state index contributed by atoms with van der Waals surface area (Å²) >= 11 is 3.25. The summed E-state index contributed by atoms with van der Waals surface area (Å²) in [5.74, 6) is 0. The van der Waals surface area contributed by atoms with Crippen LogP contribution in [0.5, 0.6) is 0 Å². The van der Waals surface area contributed by atoms with Gasteiger partial charge in [-0.15, -0.1) is 0 Å². The highest BCUT2D eigenvalue weighted by Crippen LogP contribution is 2.16. The Morgan fingerprint density at radius 2 is 1.31 bits per heavy atom. The molecule has 0 saturated carbocycles. The van der Waals surface area contributed by atoms with E-state index in [4.69, 9.17) is 5.26 Å². The number of nitrogens with zero attached hydrogens (tertiary/aromatic N) is 4. The Balaban J connectivity index is 0.000000548. The maximum absolute atomic E-state index is 8.67. The smallest absolute Gasteiger partial charge is 0.0991 e. The number of benzene rings is 2. The summed E-state index contributed by atoms with van der Waals surface area (Å²) in [5, 5.41) is 13.1. The van der Waals surface area contributed by atoms with Gasteiger partial charge in [-0.1, -0.05) is 55.4 Å². The SMILES string of the molecule is C.CCCBr.CCCN1CCN(c2ccccc2)CC1.N#Cc1ccc(N2CCNCC2)cc1.[B]. The summed E-state index contributed by atoms with van der Waals surface area (Å²) < 4.78 is 0. The van der Waals surface area contributed by atoms with Crippen molar-refractivity contribution in [1.29, 1.82) is 5.26 Å². The number of para-hydroxylation sites is 1. The summed E-state index contributed by atoms with van der Waals surface area (Å²) in [5.41, 5.74) is 3.31. The van der Waals surface area contributed by atoms with E-state index < -0.39 is 0 Å². The van der Waals surface area contributed by atoms with E-state index in [1.807, 2.05) is 24.3 Å². The second-order valence-electron chi connectivity index (χ2n) is 8.25. The molecule has 0 aliphatic carbocycles. The number of alkyl halides is 1. The van der Waals surface area contributed by atoms with Gasteiger partial charge in [-0.2, -0.15) is 5.26 Å². The maximum Gasteiger partial charge on any atom is 0.0991 e. The Labute approximate surface area is 225 Å². The van der Waals surface area contributed by atoms with Crippen molar-refractivity contribution < 1.29 is 0 Å². The molecule has 0 aromatic heterocycles. The molecule has 2 aliphatic heterocycles. The molecule has 35 heavy (non-hydrogen) atoms. The van der Waals surface area contributed by atoms with E-state index in [1.54, 1.807) is 0 Å². The zero-order valence-electron chi connectivity index (χ0n) is 20.9. The predicted molar refractivity (Wildman–Crippen MR) is 158 cm³/mol. The third-order valence-electron chi connectivity index (χ3n) is 5.70. The van der Waals surface area contributed by atoms with Crippen molar-refractivity contribution in [2.75, 3.05) is 74.0 Å². The predicted octanol–water partition coefficient (Wildman–Crippen LogP) is 5.23. The first-order valence-electron chi connectivity index (χ1n) is 12.3. The van der Waals surface area contributed by atoms with Gasteiger partial charge in [-0.3, -0.25) is 4.90 Å². The summed E-state index contributed by atoms with van der Waals surface area (Å²) in [6.45, 7) is 14.6. The zero-order valence-corrected chi connectivity index (χ0v) is 22.5. The van der Waals surface area contributed by atoms with Crippen molar-refractivity contribution in [3.8, 4) is 6.07 Å². The zero-order chi connectivity index (χ0) is 23.7. The van der Waals surface area contributed by atoms with Gasteiger partial charge in [0.25, 0.3) is 0 Å². The average Bonchev–Trinajstić information content (AvgIpc) is 2.91. The number of hydrogen-bond donors (Lipinski definition) is 1. The maximum atomic E-state index is 8.67. The minimum absolute atomic E-state index is 0. The monoisotopic (exact) mass is 540 g/mol. The Morgan fingerprint density at radius 3 is 1.80 bits per heavy atom. The van der Waals surface area contributed by atoms with Gasteiger partial charge in [0.1, 0.15) is 0 Å². The van der Waals surface area contributed by atoms with Crippen LogP contribution in [0.3, 0.4) is 0 Å². The number of piperazine rings is 2. The molecule has 2 heterocycles. The largest absolute Gasteiger partial charge is 0.369 e. The van der Waals surface area contributed by atoms with Crippen molar-refractivity contribution in [1.82, 2.24) is 10.2 Å². The molecular formula is C28H44BBrN5. The lowest BCUT2D eigenvalue weighted by molar-refractivity contribution is 0.258. The van der Waals surface area contributed by atoms with Gasteiger partial charge < -0.3 is 15.1 Å². The highest BCUT2D eigenvalue weighted by atomic mass is 79.9. The molecule has 5 nitrogen and oxygen atoms in total. The van der Waals surface area contributed by atoms with Crippen LogP contribution >= 0.6 is 15.9 Å². The molecule has 0 unspecified atom stereocenters. The molecule has 2 aromatic rings. The van der Waals surface area contributed by atoms with E-state index in [1.165, 1.54) is 56.9 Å². The second-order valence-corrected chi connectivity index (χ2v) is 9.04. The van der Waals surface area contributed by atoms with Crippen LogP contribution in [0.15, 0.2) is 54.6 Å². The number of anilines is 2. The van der Waals surface area contributed by atoms with E-state index in [2.05, 4.69) is 86.2 Å². The van der Waals surface area contributed by atoms with E-state index in [9.17, 15) is 0 Å². The lowest BCUT2D eigenvalue weighted by atomic mass is 10.2. The van der Waals surface area contributed by atoms with Crippen molar-refractivity contribution >= 4 is 35.7 Å². The molecule has 2 aromatic carbocycles. The molecule has 3 radical (unpaired) electrons. The van der Waals surface area contributed by atoms with Crippen LogP contribution < -0.4 is 15.1 Å². The number of nitrogens with one attached hydrogen (secondary N) is 1. The molecule has 0 atom stereocenters. The molecule has 2 fully saturated rings. The minimum atomic E-state index is 0. The summed E-state index contributed by atoms with van der Waals surface area (Å²) in [6, 6.07) is 20.6. The summed E-state index contributed by atoms with van der Waals surface area (Å²) in [4.78, 5) is 7.36. The summed E-state index contributed by atoms with van der Waals surface area (Å²) in [7, 11) is 0. The van der Waals surface area contributed by atoms with Crippen LogP contribution in [-0.4, -0.2) is 77.5 Å². The minimum Gasteiger partial charge on any atom is -0.369 e. The molecular weight excluding hydrogens is 497 g/mol. The van der Waals surface area contributed by atoms with Crippen LogP contribution in [0, 0.1) is 11.3 Å².